The van der Waals surface area contributed by atoms with Gasteiger partial charge in [0, 0.05) is 19.3 Å². The van der Waals surface area contributed by atoms with Crippen molar-refractivity contribution in [3.05, 3.63) is 0 Å². The van der Waals surface area contributed by atoms with Gasteiger partial charge in [0.15, 0.2) is 6.10 Å². The van der Waals surface area contributed by atoms with E-state index in [1.165, 1.54) is 161 Å². The molecule has 0 saturated heterocycles. The highest BCUT2D eigenvalue weighted by Gasteiger charge is 2.19. The molecule has 1 unspecified atom stereocenters. The lowest BCUT2D eigenvalue weighted by molar-refractivity contribution is -0.167. The van der Waals surface area contributed by atoms with Crippen LogP contribution in [0.25, 0.3) is 0 Å². The Morgan fingerprint density at radius 2 is 0.679 bits per heavy atom. The number of carbonyl (C=O) groups excluding carboxylic acids is 3. The summed E-state index contributed by atoms with van der Waals surface area (Å²) < 4.78 is 16.8. The predicted molar refractivity (Wildman–Crippen MR) is 238 cm³/mol. The molecule has 6 heteroatoms. The van der Waals surface area contributed by atoms with Gasteiger partial charge in [-0.3, -0.25) is 14.4 Å². The van der Waals surface area contributed by atoms with Crippen LogP contribution in [-0.2, 0) is 28.6 Å². The molecule has 332 valence electrons. The average Bonchev–Trinajstić information content (AvgIpc) is 3.18. The maximum atomic E-state index is 12.7. The Kier molecular flexibility index (Phi) is 41.8. The summed E-state index contributed by atoms with van der Waals surface area (Å²) >= 11 is 0. The van der Waals surface area contributed by atoms with Crippen LogP contribution < -0.4 is 0 Å². The zero-order chi connectivity index (χ0) is 41.2. The zero-order valence-electron chi connectivity index (χ0n) is 38.3. The van der Waals surface area contributed by atoms with Crippen LogP contribution in [-0.4, -0.2) is 37.2 Å². The van der Waals surface area contributed by atoms with Gasteiger partial charge in [-0.25, -0.2) is 0 Å². The highest BCUT2D eigenvalue weighted by molar-refractivity contribution is 5.71. The molecule has 0 heterocycles. The summed E-state index contributed by atoms with van der Waals surface area (Å²) in [6.07, 6.45) is 42.3. The van der Waals surface area contributed by atoms with Gasteiger partial charge in [0.2, 0.25) is 0 Å². The first-order valence-electron chi connectivity index (χ1n) is 24.8. The molecule has 0 aromatic heterocycles. The maximum absolute atomic E-state index is 12.7. The van der Waals surface area contributed by atoms with Crippen LogP contribution in [0.2, 0.25) is 0 Å². The lowest BCUT2D eigenvalue weighted by Crippen LogP contribution is -2.30. The summed E-state index contributed by atoms with van der Waals surface area (Å²) in [6.45, 7) is 11.3. The van der Waals surface area contributed by atoms with Crippen molar-refractivity contribution >= 4 is 17.9 Å². The van der Waals surface area contributed by atoms with Gasteiger partial charge in [-0.2, -0.15) is 0 Å². The van der Waals surface area contributed by atoms with Gasteiger partial charge in [0.1, 0.15) is 13.2 Å². The third-order valence-corrected chi connectivity index (χ3v) is 11.6. The largest absolute Gasteiger partial charge is 0.462 e. The molecule has 2 atom stereocenters. The van der Waals surface area contributed by atoms with Crippen LogP contribution in [0.3, 0.4) is 0 Å². The Hall–Kier alpha value is -1.59. The fourth-order valence-electron chi connectivity index (χ4n) is 7.43. The standard InChI is InChI=1S/C50H96O6/c1-6-8-9-10-11-12-13-14-15-16-17-18-25-30-35-40-48(51)54-43-47(56-50(53)42-37-32-27-21-19-23-28-33-38-45(3)4)44-55-49(52)41-36-31-26-22-20-24-29-34-39-46(5)7-2/h45-47H,6-44H2,1-5H3/t46?,47-/m1/s1. The molecule has 0 aliphatic heterocycles. The average molecular weight is 793 g/mol. The molecule has 0 aliphatic carbocycles. The molecular formula is C50H96O6. The summed E-state index contributed by atoms with van der Waals surface area (Å²) in [5.41, 5.74) is 0. The number of carbonyl (C=O) groups is 3. The van der Waals surface area contributed by atoms with E-state index in [4.69, 9.17) is 14.2 Å². The number of hydrogen-bond acceptors (Lipinski definition) is 6. The van der Waals surface area contributed by atoms with E-state index < -0.39 is 6.10 Å². The van der Waals surface area contributed by atoms with Crippen molar-refractivity contribution in [1.29, 1.82) is 0 Å². The van der Waals surface area contributed by atoms with E-state index in [1.807, 2.05) is 0 Å². The third-order valence-electron chi connectivity index (χ3n) is 11.6. The highest BCUT2D eigenvalue weighted by Crippen LogP contribution is 2.17. The molecule has 0 fully saturated rings. The second-order valence-corrected chi connectivity index (χ2v) is 17.8. The molecule has 56 heavy (non-hydrogen) atoms. The van der Waals surface area contributed by atoms with E-state index in [1.54, 1.807) is 0 Å². The van der Waals surface area contributed by atoms with Gasteiger partial charge >= 0.3 is 17.9 Å². The second-order valence-electron chi connectivity index (χ2n) is 17.8. The van der Waals surface area contributed by atoms with Crippen molar-refractivity contribution in [3.63, 3.8) is 0 Å². The van der Waals surface area contributed by atoms with Crippen molar-refractivity contribution in [2.24, 2.45) is 11.8 Å². The van der Waals surface area contributed by atoms with Crippen molar-refractivity contribution in [2.75, 3.05) is 13.2 Å². The Morgan fingerprint density at radius 3 is 1.02 bits per heavy atom. The van der Waals surface area contributed by atoms with Crippen molar-refractivity contribution in [2.45, 2.75) is 278 Å². The van der Waals surface area contributed by atoms with E-state index >= 15 is 0 Å². The molecule has 0 radical (unpaired) electrons. The monoisotopic (exact) mass is 793 g/mol. The van der Waals surface area contributed by atoms with Crippen molar-refractivity contribution in [3.8, 4) is 0 Å². The van der Waals surface area contributed by atoms with E-state index in [0.29, 0.717) is 19.3 Å². The molecule has 0 N–H and O–H groups in total. The van der Waals surface area contributed by atoms with Gasteiger partial charge in [-0.05, 0) is 31.1 Å². The molecular weight excluding hydrogens is 697 g/mol. The maximum Gasteiger partial charge on any atom is 0.306 e. The minimum absolute atomic E-state index is 0.0647. The minimum atomic E-state index is -0.761. The van der Waals surface area contributed by atoms with Crippen LogP contribution >= 0.6 is 0 Å². The molecule has 0 spiro atoms. The van der Waals surface area contributed by atoms with E-state index in [-0.39, 0.29) is 31.1 Å². The first kappa shape index (κ1) is 54.4. The van der Waals surface area contributed by atoms with Gasteiger partial charge in [-0.1, -0.05) is 234 Å². The number of hydrogen-bond donors (Lipinski definition) is 0. The fraction of sp³-hybridized carbons (Fsp3) is 0.940. The molecule has 0 aliphatic rings. The predicted octanol–water partition coefficient (Wildman–Crippen LogP) is 15.8. The Labute approximate surface area is 348 Å². The van der Waals surface area contributed by atoms with Crippen molar-refractivity contribution < 1.29 is 28.6 Å². The van der Waals surface area contributed by atoms with E-state index in [2.05, 4.69) is 34.6 Å². The van der Waals surface area contributed by atoms with Crippen LogP contribution in [0.15, 0.2) is 0 Å². The minimum Gasteiger partial charge on any atom is -0.462 e. The smallest absolute Gasteiger partial charge is 0.306 e. The third kappa shape index (κ3) is 42.0. The number of rotatable bonds is 44. The number of esters is 3. The lowest BCUT2D eigenvalue weighted by Gasteiger charge is -2.18. The van der Waals surface area contributed by atoms with Crippen LogP contribution in [0, 0.1) is 11.8 Å². The zero-order valence-corrected chi connectivity index (χ0v) is 38.3. The number of ether oxygens (including phenoxy) is 3. The molecule has 0 rings (SSSR count). The first-order valence-corrected chi connectivity index (χ1v) is 24.8. The van der Waals surface area contributed by atoms with Gasteiger partial charge in [0.25, 0.3) is 0 Å². The van der Waals surface area contributed by atoms with Gasteiger partial charge in [0.05, 0.1) is 0 Å². The molecule has 0 amide bonds. The summed E-state index contributed by atoms with van der Waals surface area (Å²) in [4.78, 5) is 37.8. The Bertz CT molecular complexity index is 856. The summed E-state index contributed by atoms with van der Waals surface area (Å²) in [5, 5.41) is 0. The highest BCUT2D eigenvalue weighted by atomic mass is 16.6. The Morgan fingerprint density at radius 1 is 0.375 bits per heavy atom. The molecule has 0 aromatic rings. The summed E-state index contributed by atoms with van der Waals surface area (Å²) in [6, 6.07) is 0. The summed E-state index contributed by atoms with van der Waals surface area (Å²) in [5.74, 6) is 0.786. The normalized spacial score (nSPS) is 12.5. The molecule has 0 saturated carbocycles. The Balaban J connectivity index is 4.31. The lowest BCUT2D eigenvalue weighted by atomic mass is 9.99. The van der Waals surface area contributed by atoms with E-state index in [9.17, 15) is 14.4 Å². The van der Waals surface area contributed by atoms with Crippen molar-refractivity contribution in [1.82, 2.24) is 0 Å². The van der Waals surface area contributed by atoms with Gasteiger partial charge < -0.3 is 14.2 Å². The molecule has 0 aromatic carbocycles. The quantitative estimate of drug-likeness (QED) is 0.0347. The SMILES string of the molecule is CCCCCCCCCCCCCCCCCC(=O)OC[C@H](COC(=O)CCCCCCCCCCC(C)CC)OC(=O)CCCCCCCCCCC(C)C. The van der Waals surface area contributed by atoms with Gasteiger partial charge in [-0.15, -0.1) is 0 Å². The molecule has 6 nitrogen and oxygen atoms in total. The topological polar surface area (TPSA) is 78.9 Å². The molecule has 0 bridgehead atoms. The van der Waals surface area contributed by atoms with Crippen LogP contribution in [0.1, 0.15) is 272 Å². The van der Waals surface area contributed by atoms with E-state index in [0.717, 1.165) is 69.6 Å². The first-order chi connectivity index (χ1) is 27.3. The number of unbranched alkanes of at least 4 members (excludes halogenated alkanes) is 28. The van der Waals surface area contributed by atoms with Crippen LogP contribution in [0.4, 0.5) is 0 Å². The summed E-state index contributed by atoms with van der Waals surface area (Å²) in [7, 11) is 0. The second kappa shape index (κ2) is 43.0. The van der Waals surface area contributed by atoms with Crippen LogP contribution in [0.5, 0.6) is 0 Å². The fourth-order valence-corrected chi connectivity index (χ4v) is 7.43.